The number of methoxy groups -OCH3 is 1. The van der Waals surface area contributed by atoms with Crippen molar-refractivity contribution in [3.63, 3.8) is 0 Å². The van der Waals surface area contributed by atoms with Gasteiger partial charge in [0.2, 0.25) is 11.8 Å². The maximum atomic E-state index is 12.3. The number of H-pyrrole nitrogens is 1. The molecular weight excluding hydrogens is 673 g/mol. The minimum absolute atomic E-state index is 0.0428. The van der Waals surface area contributed by atoms with Crippen LogP contribution in [0.3, 0.4) is 0 Å². The maximum Gasteiger partial charge on any atom is 0.328 e. The standard InChI is InChI=1S/C41H68N4O6Si/c1-29-30(2)39-34(31(3)38(29)51-52(8,9)41(4,5)6)23-22-33(50-39)20-18-16-14-12-10-11-13-15-17-19-21-36(46)43-25-24-37(47)45-35(40(48)49-7)26-32-27-42-28-44-32/h27-28,33,35H,10-26H2,1-9H3,(H,42,44)(H,43,46)(H,45,47). The van der Waals surface area contributed by atoms with Gasteiger partial charge in [0.15, 0.2) is 0 Å². The van der Waals surface area contributed by atoms with Gasteiger partial charge in [0.05, 0.1) is 19.5 Å². The van der Waals surface area contributed by atoms with Gasteiger partial charge in [0, 0.05) is 43.3 Å². The summed E-state index contributed by atoms with van der Waals surface area (Å²) < 4.78 is 18.3. The van der Waals surface area contributed by atoms with Crippen LogP contribution >= 0.6 is 0 Å². The Kier molecular flexibility index (Phi) is 17.2. The summed E-state index contributed by atoms with van der Waals surface area (Å²) in [6.45, 7) is 18.4. The van der Waals surface area contributed by atoms with E-state index in [1.54, 1.807) is 6.20 Å². The van der Waals surface area contributed by atoms with Crippen LogP contribution in [0.4, 0.5) is 0 Å². The van der Waals surface area contributed by atoms with Gasteiger partial charge in [0.25, 0.3) is 8.32 Å². The van der Waals surface area contributed by atoms with E-state index in [2.05, 4.69) is 75.2 Å². The van der Waals surface area contributed by atoms with Crippen LogP contribution in [-0.2, 0) is 32.0 Å². The number of nitrogens with one attached hydrogen (secondary N) is 3. The van der Waals surface area contributed by atoms with Gasteiger partial charge in [-0.25, -0.2) is 9.78 Å². The quantitative estimate of drug-likeness (QED) is 0.0627. The first kappa shape index (κ1) is 43.1. The molecule has 0 aliphatic carbocycles. The number of imidazole rings is 1. The summed E-state index contributed by atoms with van der Waals surface area (Å²) in [6.07, 6.45) is 19.3. The molecule has 1 aliphatic heterocycles. The Labute approximate surface area is 314 Å². The molecule has 3 N–H and O–H groups in total. The molecule has 52 heavy (non-hydrogen) atoms. The van der Waals surface area contributed by atoms with Gasteiger partial charge in [-0.3, -0.25) is 9.59 Å². The van der Waals surface area contributed by atoms with E-state index in [-0.39, 0.29) is 36.2 Å². The maximum absolute atomic E-state index is 12.3. The van der Waals surface area contributed by atoms with Gasteiger partial charge in [0.1, 0.15) is 17.5 Å². The van der Waals surface area contributed by atoms with Crippen molar-refractivity contribution >= 4 is 26.1 Å². The summed E-state index contributed by atoms with van der Waals surface area (Å²) in [5.41, 5.74) is 5.82. The highest BCUT2D eigenvalue weighted by Gasteiger charge is 2.40. The van der Waals surface area contributed by atoms with E-state index in [1.807, 2.05) is 0 Å². The van der Waals surface area contributed by atoms with Gasteiger partial charge in [-0.1, -0.05) is 72.1 Å². The molecule has 0 spiro atoms. The van der Waals surface area contributed by atoms with Gasteiger partial charge in [-0.05, 0) is 87.7 Å². The molecule has 2 atom stereocenters. The van der Waals surface area contributed by atoms with Crippen molar-refractivity contribution < 1.29 is 28.3 Å². The third kappa shape index (κ3) is 13.3. The molecule has 1 aliphatic rings. The monoisotopic (exact) mass is 740 g/mol. The van der Waals surface area contributed by atoms with E-state index >= 15 is 0 Å². The lowest BCUT2D eigenvalue weighted by Gasteiger charge is -2.39. The zero-order valence-corrected chi connectivity index (χ0v) is 34.7. The molecule has 1 aromatic heterocycles. The number of aromatic amines is 1. The number of rotatable bonds is 22. The van der Waals surface area contributed by atoms with Crippen LogP contribution in [0.1, 0.15) is 139 Å². The molecule has 2 heterocycles. The fourth-order valence-corrected chi connectivity index (χ4v) is 7.73. The van der Waals surface area contributed by atoms with Crippen molar-refractivity contribution in [1.29, 1.82) is 0 Å². The van der Waals surface area contributed by atoms with Crippen LogP contribution in [0.15, 0.2) is 12.5 Å². The minimum atomic E-state index is -1.93. The van der Waals surface area contributed by atoms with Crippen molar-refractivity contribution in [1.82, 2.24) is 20.6 Å². The van der Waals surface area contributed by atoms with Gasteiger partial charge in [-0.15, -0.1) is 0 Å². The highest BCUT2D eigenvalue weighted by atomic mass is 28.4. The lowest BCUT2D eigenvalue weighted by atomic mass is 9.90. The average molecular weight is 741 g/mol. The van der Waals surface area contributed by atoms with E-state index < -0.39 is 20.3 Å². The number of aromatic nitrogens is 2. The Hall–Kier alpha value is -3.34. The number of carbonyl (C=O) groups is 3. The van der Waals surface area contributed by atoms with Crippen LogP contribution < -0.4 is 19.8 Å². The Bertz CT molecular complexity index is 1440. The van der Waals surface area contributed by atoms with Crippen molar-refractivity contribution in [2.75, 3.05) is 13.7 Å². The highest BCUT2D eigenvalue weighted by Crippen LogP contribution is 2.45. The minimum Gasteiger partial charge on any atom is -0.543 e. The molecule has 2 unspecified atom stereocenters. The Morgan fingerprint density at radius 2 is 1.56 bits per heavy atom. The fourth-order valence-electron chi connectivity index (χ4n) is 6.61. The summed E-state index contributed by atoms with van der Waals surface area (Å²) in [4.78, 5) is 43.4. The summed E-state index contributed by atoms with van der Waals surface area (Å²) in [7, 11) is -0.645. The molecule has 0 saturated heterocycles. The summed E-state index contributed by atoms with van der Waals surface area (Å²) >= 11 is 0. The number of hydrogen-bond donors (Lipinski definition) is 3. The van der Waals surface area contributed by atoms with Crippen molar-refractivity contribution in [2.45, 2.75) is 175 Å². The number of hydrogen-bond acceptors (Lipinski definition) is 7. The van der Waals surface area contributed by atoms with Crippen LogP contribution in [0, 0.1) is 20.8 Å². The molecule has 0 saturated carbocycles. The molecule has 2 amide bonds. The number of amides is 2. The van der Waals surface area contributed by atoms with E-state index in [1.165, 1.54) is 80.6 Å². The topological polar surface area (TPSA) is 132 Å². The molecule has 3 rings (SSSR count). The first-order chi connectivity index (χ1) is 24.6. The first-order valence-corrected chi connectivity index (χ1v) is 22.6. The molecule has 11 heteroatoms. The molecule has 0 bridgehead atoms. The van der Waals surface area contributed by atoms with Crippen LogP contribution in [-0.4, -0.2) is 61.9 Å². The average Bonchev–Trinajstić information content (AvgIpc) is 3.61. The Morgan fingerprint density at radius 1 is 0.923 bits per heavy atom. The van der Waals surface area contributed by atoms with Gasteiger partial charge in [-0.2, -0.15) is 0 Å². The van der Waals surface area contributed by atoms with Crippen LogP contribution in [0.25, 0.3) is 0 Å². The second-order valence-electron chi connectivity index (χ2n) is 16.3. The SMILES string of the molecule is COC(=O)C(Cc1cnc[nH]1)NC(=O)CCNC(=O)CCCCCCCCCCCCC1CCc2c(C)c(O[Si](C)(C)C(C)(C)C)c(C)c(C)c2O1. The Balaban J connectivity index is 1.20. The number of fused-ring (bicyclic) bond motifs is 1. The lowest BCUT2D eigenvalue weighted by Crippen LogP contribution is -2.44. The molecule has 10 nitrogen and oxygen atoms in total. The van der Waals surface area contributed by atoms with Crippen molar-refractivity contribution in [2.24, 2.45) is 0 Å². The number of benzene rings is 1. The normalized spacial score (nSPS) is 15.0. The third-order valence-corrected chi connectivity index (χ3v) is 15.5. The van der Waals surface area contributed by atoms with Gasteiger partial charge >= 0.3 is 5.97 Å². The first-order valence-electron chi connectivity index (χ1n) is 19.7. The largest absolute Gasteiger partial charge is 0.543 e. The summed E-state index contributed by atoms with van der Waals surface area (Å²) in [6, 6.07) is -0.809. The van der Waals surface area contributed by atoms with Crippen LogP contribution in [0.5, 0.6) is 11.5 Å². The second kappa shape index (κ2) is 20.8. The molecule has 0 fully saturated rings. The number of carbonyl (C=O) groups excluding carboxylic acids is 3. The molecule has 2 aromatic rings. The number of unbranched alkanes of at least 4 members (excludes halogenated alkanes) is 9. The van der Waals surface area contributed by atoms with Gasteiger partial charge < -0.3 is 29.5 Å². The second-order valence-corrected chi connectivity index (χ2v) is 21.0. The smallest absolute Gasteiger partial charge is 0.328 e. The molecule has 292 valence electrons. The summed E-state index contributed by atoms with van der Waals surface area (Å²) in [5, 5.41) is 5.65. The van der Waals surface area contributed by atoms with E-state index in [0.29, 0.717) is 12.5 Å². The number of esters is 1. The molecular formula is C41H68N4O6Si. The Morgan fingerprint density at radius 3 is 2.15 bits per heavy atom. The summed E-state index contributed by atoms with van der Waals surface area (Å²) in [5.74, 6) is 1.33. The van der Waals surface area contributed by atoms with E-state index in [0.717, 1.165) is 55.7 Å². The van der Waals surface area contributed by atoms with E-state index in [9.17, 15) is 14.4 Å². The molecule has 1 aromatic carbocycles. The third-order valence-electron chi connectivity index (χ3n) is 11.1. The predicted octanol–water partition coefficient (Wildman–Crippen LogP) is 8.50. The van der Waals surface area contributed by atoms with Crippen molar-refractivity contribution in [3.8, 4) is 11.5 Å². The number of ether oxygens (including phenoxy) is 2. The van der Waals surface area contributed by atoms with E-state index in [4.69, 9.17) is 13.9 Å². The lowest BCUT2D eigenvalue weighted by molar-refractivity contribution is -0.145. The predicted molar refractivity (Wildman–Crippen MR) is 210 cm³/mol. The number of nitrogens with zero attached hydrogens (tertiary/aromatic N) is 1. The zero-order valence-electron chi connectivity index (χ0n) is 33.7. The zero-order chi connectivity index (χ0) is 38.3. The van der Waals surface area contributed by atoms with Crippen molar-refractivity contribution in [3.05, 3.63) is 40.5 Å². The molecule has 0 radical (unpaired) electrons. The fraction of sp³-hybridized carbons (Fsp3) is 0.707. The highest BCUT2D eigenvalue weighted by molar-refractivity contribution is 6.74. The van der Waals surface area contributed by atoms with Crippen LogP contribution in [0.2, 0.25) is 18.1 Å².